The zero-order chi connectivity index (χ0) is 17.7. The number of rotatable bonds is 5. The standard InChI is InChI=1S/C19H20N2O2S2/c22-25(23)12-11-18(15-25)20-19(24)21(13-16-7-3-1-4-8-16)14-17-9-5-2-6-10-17/h1-12,18H,13-15H2,(H,20,24)/t18-/m1/s1. The summed E-state index contributed by atoms with van der Waals surface area (Å²) in [7, 11) is -3.11. The van der Waals surface area contributed by atoms with Gasteiger partial charge in [0, 0.05) is 18.5 Å². The molecular formula is C19H20N2O2S2. The molecule has 1 heterocycles. The maximum Gasteiger partial charge on any atom is 0.173 e. The van der Waals surface area contributed by atoms with E-state index in [0.29, 0.717) is 18.2 Å². The first-order valence-electron chi connectivity index (χ1n) is 8.06. The predicted octanol–water partition coefficient (Wildman–Crippen LogP) is 2.87. The van der Waals surface area contributed by atoms with Gasteiger partial charge in [0.15, 0.2) is 14.9 Å². The highest BCUT2D eigenvalue weighted by Gasteiger charge is 2.23. The topological polar surface area (TPSA) is 49.4 Å². The van der Waals surface area contributed by atoms with Crippen LogP contribution in [0, 0.1) is 0 Å². The second kappa shape index (κ2) is 7.80. The average Bonchev–Trinajstić information content (AvgIpc) is 2.94. The Morgan fingerprint density at radius 3 is 1.96 bits per heavy atom. The molecule has 3 rings (SSSR count). The molecule has 0 radical (unpaired) electrons. The van der Waals surface area contributed by atoms with Crippen LogP contribution in [0.1, 0.15) is 11.1 Å². The maximum atomic E-state index is 11.6. The highest BCUT2D eigenvalue weighted by Crippen LogP contribution is 2.13. The van der Waals surface area contributed by atoms with E-state index in [1.807, 2.05) is 36.4 Å². The summed E-state index contributed by atoms with van der Waals surface area (Å²) in [4.78, 5) is 2.05. The number of thiocarbonyl (C=S) groups is 1. The number of hydrogen-bond acceptors (Lipinski definition) is 3. The normalized spacial score (nSPS) is 18.0. The van der Waals surface area contributed by atoms with E-state index in [9.17, 15) is 8.42 Å². The first-order chi connectivity index (χ1) is 12.0. The lowest BCUT2D eigenvalue weighted by Crippen LogP contribution is -2.44. The number of hydrogen-bond donors (Lipinski definition) is 1. The van der Waals surface area contributed by atoms with Crippen LogP contribution in [0.15, 0.2) is 72.1 Å². The molecule has 2 aromatic rings. The molecule has 0 unspecified atom stereocenters. The van der Waals surface area contributed by atoms with Gasteiger partial charge in [0.05, 0.1) is 11.8 Å². The van der Waals surface area contributed by atoms with Crippen molar-refractivity contribution in [3.05, 3.63) is 83.3 Å². The molecule has 130 valence electrons. The summed E-state index contributed by atoms with van der Waals surface area (Å²) in [6, 6.07) is 19.9. The van der Waals surface area contributed by atoms with Crippen LogP contribution < -0.4 is 5.32 Å². The van der Waals surface area contributed by atoms with Gasteiger partial charge >= 0.3 is 0 Å². The zero-order valence-corrected chi connectivity index (χ0v) is 15.3. The Hall–Kier alpha value is -2.18. The van der Waals surface area contributed by atoms with Crippen LogP contribution in [0.2, 0.25) is 0 Å². The van der Waals surface area contributed by atoms with Gasteiger partial charge in [-0.25, -0.2) is 8.42 Å². The third-order valence-corrected chi connectivity index (χ3v) is 5.73. The summed E-state index contributed by atoms with van der Waals surface area (Å²) >= 11 is 5.57. The summed E-state index contributed by atoms with van der Waals surface area (Å²) in [6.07, 6.45) is 1.66. The van der Waals surface area contributed by atoms with E-state index in [1.54, 1.807) is 6.08 Å². The van der Waals surface area contributed by atoms with E-state index in [0.717, 1.165) is 11.1 Å². The molecule has 0 saturated heterocycles. The van der Waals surface area contributed by atoms with Crippen molar-refractivity contribution in [2.45, 2.75) is 19.1 Å². The molecule has 0 aromatic heterocycles. The predicted molar refractivity (Wildman–Crippen MR) is 105 cm³/mol. The fourth-order valence-electron chi connectivity index (χ4n) is 2.72. The van der Waals surface area contributed by atoms with Gasteiger partial charge in [-0.05, 0) is 29.4 Å². The van der Waals surface area contributed by atoms with Crippen molar-refractivity contribution in [3.63, 3.8) is 0 Å². The summed E-state index contributed by atoms with van der Waals surface area (Å²) in [5, 5.41) is 4.98. The molecule has 1 aliphatic rings. The third kappa shape index (κ3) is 5.14. The van der Waals surface area contributed by atoms with E-state index in [1.165, 1.54) is 5.41 Å². The number of nitrogens with zero attached hydrogens (tertiary/aromatic N) is 1. The largest absolute Gasteiger partial charge is 0.355 e. The lowest BCUT2D eigenvalue weighted by Gasteiger charge is -2.27. The number of sulfone groups is 1. The highest BCUT2D eigenvalue weighted by molar-refractivity contribution is 7.94. The van der Waals surface area contributed by atoms with E-state index >= 15 is 0 Å². The lowest BCUT2D eigenvalue weighted by atomic mass is 10.2. The monoisotopic (exact) mass is 372 g/mol. The van der Waals surface area contributed by atoms with Gasteiger partial charge in [0.25, 0.3) is 0 Å². The van der Waals surface area contributed by atoms with E-state index < -0.39 is 9.84 Å². The fraction of sp³-hybridized carbons (Fsp3) is 0.211. The Bertz CT molecular complexity index is 808. The summed E-state index contributed by atoms with van der Waals surface area (Å²) < 4.78 is 23.2. The quantitative estimate of drug-likeness (QED) is 0.818. The van der Waals surface area contributed by atoms with Crippen LogP contribution in [-0.4, -0.2) is 30.2 Å². The van der Waals surface area contributed by atoms with Gasteiger partial charge < -0.3 is 10.2 Å². The van der Waals surface area contributed by atoms with Crippen molar-refractivity contribution in [3.8, 4) is 0 Å². The molecule has 0 bridgehead atoms. The van der Waals surface area contributed by atoms with Gasteiger partial charge in [-0.1, -0.05) is 60.7 Å². The maximum absolute atomic E-state index is 11.6. The molecule has 2 aromatic carbocycles. The Kier molecular flexibility index (Phi) is 5.50. The van der Waals surface area contributed by atoms with Crippen molar-refractivity contribution in [2.75, 3.05) is 5.75 Å². The molecule has 1 atom stereocenters. The van der Waals surface area contributed by atoms with E-state index in [-0.39, 0.29) is 11.8 Å². The molecule has 1 N–H and O–H groups in total. The number of benzene rings is 2. The SMILES string of the molecule is O=S1(=O)C=C[C@@H](NC(=S)N(Cc2ccccc2)Cc2ccccc2)C1. The Labute approximate surface area is 154 Å². The van der Waals surface area contributed by atoms with Crippen LogP contribution in [0.5, 0.6) is 0 Å². The fourth-order valence-corrected chi connectivity index (χ4v) is 4.24. The second-order valence-electron chi connectivity index (χ2n) is 6.04. The first kappa shape index (κ1) is 17.6. The van der Waals surface area contributed by atoms with Crippen LogP contribution in [0.4, 0.5) is 0 Å². The lowest BCUT2D eigenvalue weighted by molar-refractivity contribution is 0.397. The third-order valence-electron chi connectivity index (χ3n) is 3.96. The minimum atomic E-state index is -3.11. The smallest absolute Gasteiger partial charge is 0.173 e. The Balaban J connectivity index is 1.73. The van der Waals surface area contributed by atoms with Gasteiger partial charge in [0.1, 0.15) is 0 Å². The van der Waals surface area contributed by atoms with Crippen molar-refractivity contribution < 1.29 is 8.42 Å². The molecule has 0 amide bonds. The molecule has 0 fully saturated rings. The number of nitrogens with one attached hydrogen (secondary N) is 1. The molecular weight excluding hydrogens is 352 g/mol. The highest BCUT2D eigenvalue weighted by atomic mass is 32.2. The molecule has 1 aliphatic heterocycles. The summed E-state index contributed by atoms with van der Waals surface area (Å²) in [5.41, 5.74) is 2.30. The summed E-state index contributed by atoms with van der Waals surface area (Å²) in [5.74, 6) is 0.0532. The van der Waals surface area contributed by atoms with Gasteiger partial charge in [-0.15, -0.1) is 0 Å². The molecule has 0 saturated carbocycles. The molecule has 4 nitrogen and oxygen atoms in total. The molecule has 0 aliphatic carbocycles. The van der Waals surface area contributed by atoms with Crippen molar-refractivity contribution in [1.29, 1.82) is 0 Å². The second-order valence-corrected chi connectivity index (χ2v) is 8.36. The molecule has 25 heavy (non-hydrogen) atoms. The van der Waals surface area contributed by atoms with Gasteiger partial charge in [0.2, 0.25) is 0 Å². The average molecular weight is 373 g/mol. The minimum absolute atomic E-state index is 0.0532. The van der Waals surface area contributed by atoms with Crippen molar-refractivity contribution in [1.82, 2.24) is 10.2 Å². The zero-order valence-electron chi connectivity index (χ0n) is 13.7. The van der Waals surface area contributed by atoms with Crippen molar-refractivity contribution in [2.24, 2.45) is 0 Å². The van der Waals surface area contributed by atoms with Crippen LogP contribution >= 0.6 is 12.2 Å². The van der Waals surface area contributed by atoms with Crippen LogP contribution in [0.3, 0.4) is 0 Å². The van der Waals surface area contributed by atoms with E-state index in [2.05, 4.69) is 34.5 Å². The minimum Gasteiger partial charge on any atom is -0.355 e. The van der Waals surface area contributed by atoms with Crippen LogP contribution in [0.25, 0.3) is 0 Å². The van der Waals surface area contributed by atoms with E-state index in [4.69, 9.17) is 12.2 Å². The van der Waals surface area contributed by atoms with Crippen LogP contribution in [-0.2, 0) is 22.9 Å². The molecule has 6 heteroatoms. The Morgan fingerprint density at radius 1 is 1.00 bits per heavy atom. The molecule has 0 spiro atoms. The summed E-state index contributed by atoms with van der Waals surface area (Å²) in [6.45, 7) is 1.31. The first-order valence-corrected chi connectivity index (χ1v) is 10.2. The Morgan fingerprint density at radius 2 is 1.52 bits per heavy atom. The van der Waals surface area contributed by atoms with Crippen molar-refractivity contribution >= 4 is 27.2 Å². The van der Waals surface area contributed by atoms with Gasteiger partial charge in [-0.3, -0.25) is 0 Å². The van der Waals surface area contributed by atoms with Gasteiger partial charge in [-0.2, -0.15) is 0 Å².